The molecule has 4 rings (SSSR count). The summed E-state index contributed by atoms with van der Waals surface area (Å²) in [6.07, 6.45) is 2.53. The van der Waals surface area contributed by atoms with Crippen molar-refractivity contribution < 1.29 is 14.3 Å². The number of carbonyl (C=O) groups excluding carboxylic acids is 1. The first-order valence-corrected chi connectivity index (χ1v) is 9.13. The molecule has 0 spiro atoms. The highest BCUT2D eigenvalue weighted by Gasteiger charge is 2.23. The van der Waals surface area contributed by atoms with E-state index in [9.17, 15) is 4.79 Å². The average Bonchev–Trinajstić information content (AvgIpc) is 3.39. The van der Waals surface area contributed by atoms with Crippen LogP contribution in [-0.2, 0) is 17.9 Å². The zero-order valence-corrected chi connectivity index (χ0v) is 15.8. The van der Waals surface area contributed by atoms with Gasteiger partial charge in [-0.15, -0.1) is 5.10 Å². The van der Waals surface area contributed by atoms with E-state index in [2.05, 4.69) is 36.0 Å². The van der Waals surface area contributed by atoms with Gasteiger partial charge in [0.2, 0.25) is 0 Å². The van der Waals surface area contributed by atoms with Crippen LogP contribution in [0.2, 0.25) is 0 Å². The van der Waals surface area contributed by atoms with Crippen LogP contribution in [0.3, 0.4) is 0 Å². The predicted molar refractivity (Wildman–Crippen MR) is 97.9 cm³/mol. The van der Waals surface area contributed by atoms with Crippen molar-refractivity contribution in [1.82, 2.24) is 20.0 Å². The van der Waals surface area contributed by atoms with Gasteiger partial charge in [-0.3, -0.25) is 0 Å². The number of ether oxygens (including phenoxy) is 2. The number of hydrogen-bond donors (Lipinski definition) is 0. The number of halogens is 1. The van der Waals surface area contributed by atoms with Gasteiger partial charge in [-0.2, -0.15) is 0 Å². The highest BCUT2D eigenvalue weighted by molar-refractivity contribution is 9.10. The molecule has 0 N–H and O–H groups in total. The smallest absolute Gasteiger partial charge is 0.356 e. The van der Waals surface area contributed by atoms with Crippen LogP contribution in [0.25, 0.3) is 11.0 Å². The number of benzene rings is 1. The highest BCUT2D eigenvalue weighted by atomic mass is 79.9. The van der Waals surface area contributed by atoms with Crippen LogP contribution in [0.4, 0.5) is 0 Å². The Labute approximate surface area is 158 Å². The summed E-state index contributed by atoms with van der Waals surface area (Å²) in [5.74, 6) is 0.908. The van der Waals surface area contributed by atoms with Gasteiger partial charge in [0.05, 0.1) is 22.8 Å². The number of esters is 1. The Morgan fingerprint density at radius 1 is 1.31 bits per heavy atom. The second kappa shape index (κ2) is 7.03. The molecular formula is C18H17BrN4O3. The summed E-state index contributed by atoms with van der Waals surface area (Å²) >= 11 is 3.56. The number of hydrogen-bond acceptors (Lipinski definition) is 6. The molecule has 2 heterocycles. The zero-order valence-electron chi connectivity index (χ0n) is 14.2. The number of aromatic nitrogens is 4. The van der Waals surface area contributed by atoms with Gasteiger partial charge in [0.25, 0.3) is 0 Å². The van der Waals surface area contributed by atoms with Gasteiger partial charge in [0.15, 0.2) is 0 Å². The number of methoxy groups -OCH3 is 1. The topological polar surface area (TPSA) is 79.1 Å². The maximum atomic E-state index is 11.6. The van der Waals surface area contributed by atoms with Crippen LogP contribution in [0.15, 0.2) is 34.8 Å². The van der Waals surface area contributed by atoms with E-state index in [4.69, 9.17) is 4.74 Å². The number of nitrogens with zero attached hydrogens (tertiary/aromatic N) is 4. The maximum Gasteiger partial charge on any atom is 0.356 e. The van der Waals surface area contributed by atoms with E-state index in [1.165, 1.54) is 20.0 Å². The summed E-state index contributed by atoms with van der Waals surface area (Å²) in [7, 11) is 1.33. The van der Waals surface area contributed by atoms with Crippen molar-refractivity contribution in [2.24, 2.45) is 5.92 Å². The average molecular weight is 417 g/mol. The van der Waals surface area contributed by atoms with E-state index in [0.29, 0.717) is 11.4 Å². The standard InChI is InChI=1S/C18H17BrN4O3/c1-25-18(24)13-4-2-3-12(20-13)10-26-15-8-7-14-17(16(15)19)21-22-23(14)9-11-5-6-11/h2-4,7-8,11H,5-6,9-10H2,1H3. The Hall–Kier alpha value is -2.48. The van der Waals surface area contributed by atoms with Gasteiger partial charge in [-0.25, -0.2) is 14.5 Å². The number of carbonyl (C=O) groups is 1. The molecule has 7 nitrogen and oxygen atoms in total. The first-order chi connectivity index (χ1) is 12.7. The zero-order chi connectivity index (χ0) is 18.1. The van der Waals surface area contributed by atoms with E-state index in [-0.39, 0.29) is 12.3 Å². The number of pyridine rings is 1. The lowest BCUT2D eigenvalue weighted by Crippen LogP contribution is -2.07. The molecule has 0 bridgehead atoms. The van der Waals surface area contributed by atoms with Gasteiger partial charge in [0, 0.05) is 6.54 Å². The van der Waals surface area contributed by atoms with Crippen molar-refractivity contribution in [3.8, 4) is 5.75 Å². The fourth-order valence-corrected chi connectivity index (χ4v) is 3.24. The molecule has 26 heavy (non-hydrogen) atoms. The SMILES string of the molecule is COC(=O)c1cccc(COc2ccc3c(nnn3CC3CC3)c2Br)n1. The summed E-state index contributed by atoms with van der Waals surface area (Å²) in [4.78, 5) is 15.8. The van der Waals surface area contributed by atoms with E-state index in [1.807, 2.05) is 16.8 Å². The summed E-state index contributed by atoms with van der Waals surface area (Å²) in [6.45, 7) is 1.14. The van der Waals surface area contributed by atoms with Gasteiger partial charge >= 0.3 is 5.97 Å². The van der Waals surface area contributed by atoms with Crippen molar-refractivity contribution in [1.29, 1.82) is 0 Å². The summed E-state index contributed by atoms with van der Waals surface area (Å²) in [5.41, 5.74) is 2.66. The second-order valence-corrected chi connectivity index (χ2v) is 7.05. The Morgan fingerprint density at radius 3 is 2.92 bits per heavy atom. The Balaban J connectivity index is 1.52. The van der Waals surface area contributed by atoms with Crippen LogP contribution in [-0.4, -0.2) is 33.1 Å². The van der Waals surface area contributed by atoms with Crippen molar-refractivity contribution in [2.75, 3.05) is 7.11 Å². The lowest BCUT2D eigenvalue weighted by Gasteiger charge is -2.09. The minimum atomic E-state index is -0.471. The minimum absolute atomic E-state index is 0.227. The largest absolute Gasteiger partial charge is 0.486 e. The van der Waals surface area contributed by atoms with Crippen molar-refractivity contribution in [3.05, 3.63) is 46.2 Å². The molecule has 1 aliphatic carbocycles. The third kappa shape index (κ3) is 3.41. The fraction of sp³-hybridized carbons (Fsp3) is 0.333. The third-order valence-electron chi connectivity index (χ3n) is 4.30. The quantitative estimate of drug-likeness (QED) is 0.573. The molecule has 0 amide bonds. The lowest BCUT2D eigenvalue weighted by atomic mass is 10.3. The van der Waals surface area contributed by atoms with Crippen LogP contribution < -0.4 is 4.74 Å². The maximum absolute atomic E-state index is 11.6. The van der Waals surface area contributed by atoms with Crippen LogP contribution in [0.5, 0.6) is 5.75 Å². The Kier molecular flexibility index (Phi) is 4.58. The molecule has 8 heteroatoms. The minimum Gasteiger partial charge on any atom is -0.486 e. The summed E-state index contributed by atoms with van der Waals surface area (Å²) < 4.78 is 13.3. The van der Waals surface area contributed by atoms with Crippen LogP contribution >= 0.6 is 15.9 Å². The normalized spacial score (nSPS) is 13.8. The molecule has 1 aliphatic rings. The molecule has 0 atom stereocenters. The summed E-state index contributed by atoms with van der Waals surface area (Å²) in [6, 6.07) is 9.01. The first kappa shape index (κ1) is 17.0. The number of rotatable bonds is 6. The monoisotopic (exact) mass is 416 g/mol. The van der Waals surface area contributed by atoms with E-state index >= 15 is 0 Å². The molecule has 0 saturated heterocycles. The Morgan fingerprint density at radius 2 is 2.15 bits per heavy atom. The molecule has 3 aromatic rings. The highest BCUT2D eigenvalue weighted by Crippen LogP contribution is 2.35. The van der Waals surface area contributed by atoms with E-state index < -0.39 is 5.97 Å². The van der Waals surface area contributed by atoms with E-state index in [0.717, 1.165) is 28.0 Å². The molecule has 1 aromatic carbocycles. The molecule has 1 saturated carbocycles. The van der Waals surface area contributed by atoms with Crippen molar-refractivity contribution in [2.45, 2.75) is 26.0 Å². The van der Waals surface area contributed by atoms with Gasteiger partial charge < -0.3 is 9.47 Å². The predicted octanol–water partition coefficient (Wildman–Crippen LogP) is 3.36. The Bertz CT molecular complexity index is 968. The lowest BCUT2D eigenvalue weighted by molar-refractivity contribution is 0.0593. The summed E-state index contributed by atoms with van der Waals surface area (Å²) in [5, 5.41) is 8.53. The van der Waals surface area contributed by atoms with Gasteiger partial charge in [-0.05, 0) is 59.0 Å². The third-order valence-corrected chi connectivity index (χ3v) is 5.06. The molecule has 0 aliphatic heterocycles. The molecule has 0 radical (unpaired) electrons. The first-order valence-electron chi connectivity index (χ1n) is 8.34. The van der Waals surface area contributed by atoms with Crippen LogP contribution in [0, 0.1) is 5.92 Å². The number of fused-ring (bicyclic) bond motifs is 1. The van der Waals surface area contributed by atoms with Crippen molar-refractivity contribution in [3.63, 3.8) is 0 Å². The van der Waals surface area contributed by atoms with Crippen molar-refractivity contribution >= 4 is 32.9 Å². The van der Waals surface area contributed by atoms with Gasteiger partial charge in [0.1, 0.15) is 23.6 Å². The molecule has 1 fully saturated rings. The van der Waals surface area contributed by atoms with Crippen LogP contribution in [0.1, 0.15) is 29.0 Å². The fourth-order valence-electron chi connectivity index (χ4n) is 2.71. The molecule has 2 aromatic heterocycles. The van der Waals surface area contributed by atoms with E-state index in [1.54, 1.807) is 18.2 Å². The molecule has 134 valence electrons. The molecule has 0 unspecified atom stereocenters. The second-order valence-electron chi connectivity index (χ2n) is 6.25. The molecular weight excluding hydrogens is 400 g/mol. The van der Waals surface area contributed by atoms with Gasteiger partial charge in [-0.1, -0.05) is 11.3 Å².